The van der Waals surface area contributed by atoms with Crippen LogP contribution in [0, 0.1) is 13.8 Å². The Morgan fingerprint density at radius 3 is 2.77 bits per heavy atom. The Labute approximate surface area is 88.8 Å². The molecule has 1 heteroatoms. The zero-order valence-electron chi connectivity index (χ0n) is 8.18. The largest absolute Gasteiger partial charge is 0.0925 e. The predicted molar refractivity (Wildman–Crippen MR) is 63.4 cm³/mol. The van der Waals surface area contributed by atoms with Crippen LogP contribution < -0.4 is 0 Å². The molecular formula is C12H15Br. The summed E-state index contributed by atoms with van der Waals surface area (Å²) in [5.74, 6) is 0. The predicted octanol–water partition coefficient (Wildman–Crippen LogP) is 4.10. The Kier molecular flexibility index (Phi) is 4.23. The van der Waals surface area contributed by atoms with Crippen molar-refractivity contribution >= 4 is 22.0 Å². The minimum Gasteiger partial charge on any atom is -0.0925 e. The number of rotatable bonds is 3. The second-order valence-electron chi connectivity index (χ2n) is 3.24. The van der Waals surface area contributed by atoms with Gasteiger partial charge in [0.2, 0.25) is 0 Å². The highest BCUT2D eigenvalue weighted by atomic mass is 79.9. The summed E-state index contributed by atoms with van der Waals surface area (Å²) < 4.78 is 0. The highest BCUT2D eigenvalue weighted by Crippen LogP contribution is 2.12. The van der Waals surface area contributed by atoms with E-state index in [2.05, 4.69) is 60.1 Å². The second-order valence-corrected chi connectivity index (χ2v) is 4.03. The molecule has 0 heterocycles. The van der Waals surface area contributed by atoms with Crippen LogP contribution in [-0.4, -0.2) is 5.33 Å². The smallest absolute Gasteiger partial charge is 0.00660 e. The summed E-state index contributed by atoms with van der Waals surface area (Å²) in [6, 6.07) is 6.54. The van der Waals surface area contributed by atoms with E-state index in [9.17, 15) is 0 Å². The Morgan fingerprint density at radius 1 is 1.31 bits per heavy atom. The lowest BCUT2D eigenvalue weighted by Gasteiger charge is -2.01. The molecule has 13 heavy (non-hydrogen) atoms. The minimum atomic E-state index is 1.04. The van der Waals surface area contributed by atoms with Crippen LogP contribution in [0.5, 0.6) is 0 Å². The average Bonchev–Trinajstić information content (AvgIpc) is 2.11. The third-order valence-electron chi connectivity index (χ3n) is 2.01. The van der Waals surface area contributed by atoms with Crippen LogP contribution in [0.2, 0.25) is 0 Å². The van der Waals surface area contributed by atoms with E-state index in [-0.39, 0.29) is 0 Å². The third kappa shape index (κ3) is 3.35. The van der Waals surface area contributed by atoms with Crippen molar-refractivity contribution in [2.24, 2.45) is 0 Å². The van der Waals surface area contributed by atoms with Crippen molar-refractivity contribution in [3.05, 3.63) is 41.0 Å². The van der Waals surface area contributed by atoms with E-state index >= 15 is 0 Å². The van der Waals surface area contributed by atoms with E-state index < -0.39 is 0 Å². The maximum Gasteiger partial charge on any atom is 0.00660 e. The average molecular weight is 239 g/mol. The van der Waals surface area contributed by atoms with E-state index in [4.69, 9.17) is 0 Å². The van der Waals surface area contributed by atoms with Gasteiger partial charge < -0.3 is 0 Å². The molecule has 0 aliphatic rings. The first-order valence-corrected chi connectivity index (χ1v) is 5.66. The fourth-order valence-corrected chi connectivity index (χ4v) is 1.48. The summed E-state index contributed by atoms with van der Waals surface area (Å²) in [6.45, 7) is 4.27. The van der Waals surface area contributed by atoms with Crippen LogP contribution in [0.1, 0.15) is 23.1 Å². The molecular weight excluding hydrogens is 224 g/mol. The second kappa shape index (κ2) is 5.23. The zero-order valence-corrected chi connectivity index (χ0v) is 9.76. The van der Waals surface area contributed by atoms with Crippen molar-refractivity contribution < 1.29 is 0 Å². The molecule has 1 aromatic rings. The van der Waals surface area contributed by atoms with Gasteiger partial charge in [-0.25, -0.2) is 0 Å². The number of hydrogen-bond acceptors (Lipinski definition) is 0. The standard InChI is InChI=1S/C12H15Br/c1-10-6-7-11(2)12(9-10)5-3-4-8-13/h3,5-7,9H,4,8H2,1-2H3/b5-3+. The topological polar surface area (TPSA) is 0 Å². The first-order chi connectivity index (χ1) is 6.24. The maximum atomic E-state index is 3.40. The molecule has 0 N–H and O–H groups in total. The first kappa shape index (κ1) is 10.5. The van der Waals surface area contributed by atoms with E-state index in [1.165, 1.54) is 16.7 Å². The summed E-state index contributed by atoms with van der Waals surface area (Å²) in [5.41, 5.74) is 4.00. The van der Waals surface area contributed by atoms with Crippen LogP contribution in [0.25, 0.3) is 6.08 Å². The van der Waals surface area contributed by atoms with Gasteiger partial charge in [-0.15, -0.1) is 0 Å². The fraction of sp³-hybridized carbons (Fsp3) is 0.333. The van der Waals surface area contributed by atoms with Crippen molar-refractivity contribution in [3.63, 3.8) is 0 Å². The van der Waals surface area contributed by atoms with Gasteiger partial charge in [0.25, 0.3) is 0 Å². The Morgan fingerprint density at radius 2 is 2.08 bits per heavy atom. The van der Waals surface area contributed by atoms with Gasteiger partial charge in [0.1, 0.15) is 0 Å². The maximum absolute atomic E-state index is 3.40. The number of aryl methyl sites for hydroxylation is 2. The lowest BCUT2D eigenvalue weighted by Crippen LogP contribution is -1.81. The summed E-state index contributed by atoms with van der Waals surface area (Å²) in [5, 5.41) is 1.04. The molecule has 1 aromatic carbocycles. The monoisotopic (exact) mass is 238 g/mol. The van der Waals surface area contributed by atoms with Gasteiger partial charge in [-0.3, -0.25) is 0 Å². The Bertz CT molecular complexity index is 300. The van der Waals surface area contributed by atoms with Gasteiger partial charge in [-0.1, -0.05) is 51.8 Å². The van der Waals surface area contributed by atoms with Gasteiger partial charge in [0.05, 0.1) is 0 Å². The van der Waals surface area contributed by atoms with Gasteiger partial charge >= 0.3 is 0 Å². The van der Waals surface area contributed by atoms with Gasteiger partial charge in [-0.05, 0) is 31.4 Å². The SMILES string of the molecule is Cc1ccc(C)c(/C=C/CCBr)c1. The molecule has 0 aromatic heterocycles. The lowest BCUT2D eigenvalue weighted by molar-refractivity contribution is 1.27. The molecule has 0 amide bonds. The van der Waals surface area contributed by atoms with Gasteiger partial charge in [-0.2, -0.15) is 0 Å². The van der Waals surface area contributed by atoms with Gasteiger partial charge in [0.15, 0.2) is 0 Å². The summed E-state index contributed by atoms with van der Waals surface area (Å²) in [6.07, 6.45) is 5.49. The lowest BCUT2D eigenvalue weighted by atomic mass is 10.1. The van der Waals surface area contributed by atoms with E-state index in [0.29, 0.717) is 0 Å². The van der Waals surface area contributed by atoms with Crippen LogP contribution in [0.3, 0.4) is 0 Å². The normalized spacial score (nSPS) is 11.0. The Balaban J connectivity index is 2.81. The number of benzene rings is 1. The molecule has 0 atom stereocenters. The molecule has 70 valence electrons. The molecule has 0 nitrogen and oxygen atoms in total. The first-order valence-electron chi connectivity index (χ1n) is 4.54. The number of halogens is 1. The van der Waals surface area contributed by atoms with Crippen LogP contribution >= 0.6 is 15.9 Å². The van der Waals surface area contributed by atoms with E-state index in [0.717, 1.165) is 11.8 Å². The van der Waals surface area contributed by atoms with Crippen LogP contribution in [0.15, 0.2) is 24.3 Å². The molecule has 0 saturated heterocycles. The zero-order chi connectivity index (χ0) is 9.68. The quantitative estimate of drug-likeness (QED) is 0.696. The molecule has 0 unspecified atom stereocenters. The Hall–Kier alpha value is -0.560. The summed E-state index contributed by atoms with van der Waals surface area (Å²) in [4.78, 5) is 0. The van der Waals surface area contributed by atoms with Crippen molar-refractivity contribution in [2.45, 2.75) is 20.3 Å². The van der Waals surface area contributed by atoms with Gasteiger partial charge in [0, 0.05) is 5.33 Å². The molecule has 0 spiro atoms. The van der Waals surface area contributed by atoms with Crippen molar-refractivity contribution in [1.82, 2.24) is 0 Å². The molecule has 1 rings (SSSR count). The highest BCUT2D eigenvalue weighted by molar-refractivity contribution is 9.09. The molecule has 0 aliphatic heterocycles. The van der Waals surface area contributed by atoms with E-state index in [1.54, 1.807) is 0 Å². The van der Waals surface area contributed by atoms with E-state index in [1.807, 2.05) is 0 Å². The number of allylic oxidation sites excluding steroid dienone is 1. The highest BCUT2D eigenvalue weighted by Gasteiger charge is 1.93. The third-order valence-corrected chi connectivity index (χ3v) is 2.47. The molecule has 0 radical (unpaired) electrons. The van der Waals surface area contributed by atoms with Crippen LogP contribution in [-0.2, 0) is 0 Å². The van der Waals surface area contributed by atoms with Crippen molar-refractivity contribution in [3.8, 4) is 0 Å². The molecule has 0 saturated carbocycles. The number of alkyl halides is 1. The fourth-order valence-electron chi connectivity index (χ4n) is 1.21. The molecule has 0 aliphatic carbocycles. The number of hydrogen-bond donors (Lipinski definition) is 0. The summed E-state index contributed by atoms with van der Waals surface area (Å²) >= 11 is 3.40. The molecule has 0 fully saturated rings. The van der Waals surface area contributed by atoms with Crippen molar-refractivity contribution in [1.29, 1.82) is 0 Å². The summed E-state index contributed by atoms with van der Waals surface area (Å²) in [7, 11) is 0. The molecule has 0 bridgehead atoms. The van der Waals surface area contributed by atoms with Crippen molar-refractivity contribution in [2.75, 3.05) is 5.33 Å². The minimum absolute atomic E-state index is 1.04. The van der Waals surface area contributed by atoms with Crippen LogP contribution in [0.4, 0.5) is 0 Å².